The zero-order valence-corrected chi connectivity index (χ0v) is 12.0. The van der Waals surface area contributed by atoms with Gasteiger partial charge >= 0.3 is 5.97 Å². The Morgan fingerprint density at radius 1 is 1.33 bits per heavy atom. The highest BCUT2D eigenvalue weighted by Crippen LogP contribution is 2.33. The molecular formula is C16H14ClNO3. The topological polar surface area (TPSA) is 59.4 Å². The molecule has 0 amide bonds. The van der Waals surface area contributed by atoms with Gasteiger partial charge in [0, 0.05) is 10.6 Å². The summed E-state index contributed by atoms with van der Waals surface area (Å²) < 4.78 is 5.79. The summed E-state index contributed by atoms with van der Waals surface area (Å²) in [5.74, 6) is 0.137. The van der Waals surface area contributed by atoms with Crippen molar-refractivity contribution in [3.05, 3.63) is 47.1 Å². The molecule has 0 bridgehead atoms. The molecule has 0 aliphatic heterocycles. The lowest BCUT2D eigenvalue weighted by Gasteiger charge is -2.11. The lowest BCUT2D eigenvalue weighted by molar-refractivity contribution is 0.0690. The molecule has 1 heterocycles. The Labute approximate surface area is 127 Å². The van der Waals surface area contributed by atoms with Gasteiger partial charge in [0.05, 0.1) is 6.61 Å². The van der Waals surface area contributed by atoms with Crippen molar-refractivity contribution in [2.45, 2.75) is 12.8 Å². The summed E-state index contributed by atoms with van der Waals surface area (Å²) in [6.45, 7) is 0.641. The smallest absolute Gasteiger partial charge is 0.354 e. The maximum atomic E-state index is 11.1. The van der Waals surface area contributed by atoms with Crippen LogP contribution in [0.1, 0.15) is 23.3 Å². The molecule has 0 unspecified atom stereocenters. The van der Waals surface area contributed by atoms with Crippen molar-refractivity contribution in [3.8, 4) is 17.0 Å². The largest absolute Gasteiger partial charge is 0.491 e. The van der Waals surface area contributed by atoms with Crippen LogP contribution in [0, 0.1) is 5.92 Å². The number of aromatic carboxylic acids is 1. The second-order valence-corrected chi connectivity index (χ2v) is 5.55. The highest BCUT2D eigenvalue weighted by atomic mass is 35.5. The monoisotopic (exact) mass is 303 g/mol. The van der Waals surface area contributed by atoms with Gasteiger partial charge in [-0.2, -0.15) is 0 Å². The van der Waals surface area contributed by atoms with E-state index in [-0.39, 0.29) is 5.69 Å². The molecule has 0 radical (unpaired) electrons. The molecule has 5 heteroatoms. The Morgan fingerprint density at radius 3 is 2.81 bits per heavy atom. The van der Waals surface area contributed by atoms with Crippen LogP contribution in [0.4, 0.5) is 0 Å². The molecule has 0 spiro atoms. The number of halogens is 1. The van der Waals surface area contributed by atoms with Crippen molar-refractivity contribution in [2.75, 3.05) is 6.61 Å². The molecule has 0 atom stereocenters. The number of carbonyl (C=O) groups is 1. The van der Waals surface area contributed by atoms with Gasteiger partial charge in [0.2, 0.25) is 0 Å². The average molecular weight is 304 g/mol. The van der Waals surface area contributed by atoms with Crippen LogP contribution >= 0.6 is 11.6 Å². The fraction of sp³-hybridized carbons (Fsp3) is 0.250. The summed E-state index contributed by atoms with van der Waals surface area (Å²) in [5, 5.41) is 9.67. The van der Waals surface area contributed by atoms with Gasteiger partial charge in [0.15, 0.2) is 0 Å². The first-order valence-corrected chi connectivity index (χ1v) is 7.14. The maximum absolute atomic E-state index is 11.1. The van der Waals surface area contributed by atoms with E-state index in [0.29, 0.717) is 29.0 Å². The normalized spacial score (nSPS) is 14.0. The van der Waals surface area contributed by atoms with Crippen LogP contribution in [0.5, 0.6) is 5.75 Å². The summed E-state index contributed by atoms with van der Waals surface area (Å²) in [6, 6.07) is 10.3. The number of carboxylic acids is 1. The van der Waals surface area contributed by atoms with Crippen LogP contribution < -0.4 is 4.74 Å². The van der Waals surface area contributed by atoms with E-state index in [1.165, 1.54) is 18.9 Å². The summed E-state index contributed by atoms with van der Waals surface area (Å²) in [6.07, 6.45) is 2.38. The van der Waals surface area contributed by atoms with E-state index in [1.54, 1.807) is 24.3 Å². The Kier molecular flexibility index (Phi) is 3.80. The van der Waals surface area contributed by atoms with Gasteiger partial charge in [-0.1, -0.05) is 23.7 Å². The minimum Gasteiger partial charge on any atom is -0.491 e. The summed E-state index contributed by atoms with van der Waals surface area (Å²) >= 11 is 6.00. The highest BCUT2D eigenvalue weighted by molar-refractivity contribution is 6.30. The number of pyridine rings is 1. The first-order chi connectivity index (χ1) is 10.1. The van der Waals surface area contributed by atoms with Gasteiger partial charge in [0.25, 0.3) is 0 Å². The van der Waals surface area contributed by atoms with Crippen LogP contribution in [0.3, 0.4) is 0 Å². The molecule has 2 aromatic rings. The lowest BCUT2D eigenvalue weighted by Crippen LogP contribution is -2.05. The van der Waals surface area contributed by atoms with Crippen molar-refractivity contribution in [3.63, 3.8) is 0 Å². The molecule has 108 valence electrons. The number of hydrogen-bond donors (Lipinski definition) is 1. The number of rotatable bonds is 5. The predicted octanol–water partition coefficient (Wildman–Crippen LogP) is 3.89. The summed E-state index contributed by atoms with van der Waals surface area (Å²) in [5.41, 5.74) is 1.25. The van der Waals surface area contributed by atoms with E-state index in [9.17, 15) is 4.79 Å². The molecule has 4 nitrogen and oxygen atoms in total. The fourth-order valence-corrected chi connectivity index (χ4v) is 2.21. The van der Waals surface area contributed by atoms with E-state index < -0.39 is 5.97 Å². The molecule has 1 aliphatic carbocycles. The number of benzene rings is 1. The average Bonchev–Trinajstić information content (AvgIpc) is 3.29. The van der Waals surface area contributed by atoms with Crippen LogP contribution in [-0.4, -0.2) is 22.7 Å². The minimum absolute atomic E-state index is 0.0104. The molecule has 21 heavy (non-hydrogen) atoms. The van der Waals surface area contributed by atoms with Gasteiger partial charge in [-0.15, -0.1) is 0 Å². The Morgan fingerprint density at radius 2 is 2.14 bits per heavy atom. The maximum Gasteiger partial charge on any atom is 0.354 e. The molecule has 1 N–H and O–H groups in total. The minimum atomic E-state index is -1.06. The van der Waals surface area contributed by atoms with E-state index in [4.69, 9.17) is 21.4 Å². The Hall–Kier alpha value is -2.07. The molecule has 1 fully saturated rings. The number of ether oxygens (including phenoxy) is 1. The van der Waals surface area contributed by atoms with Gasteiger partial charge in [-0.3, -0.25) is 0 Å². The lowest BCUT2D eigenvalue weighted by atomic mass is 10.1. The molecule has 1 aromatic carbocycles. The van der Waals surface area contributed by atoms with Crippen molar-refractivity contribution >= 4 is 17.6 Å². The van der Waals surface area contributed by atoms with Crippen molar-refractivity contribution < 1.29 is 14.6 Å². The zero-order chi connectivity index (χ0) is 14.8. The second-order valence-electron chi connectivity index (χ2n) is 5.11. The van der Waals surface area contributed by atoms with Crippen LogP contribution in [0.15, 0.2) is 36.4 Å². The van der Waals surface area contributed by atoms with E-state index >= 15 is 0 Å². The highest BCUT2D eigenvalue weighted by Gasteiger charge is 2.23. The second kappa shape index (κ2) is 5.74. The Bertz CT molecular complexity index is 683. The van der Waals surface area contributed by atoms with Gasteiger partial charge in [-0.05, 0) is 43.0 Å². The van der Waals surface area contributed by atoms with Gasteiger partial charge in [-0.25, -0.2) is 9.78 Å². The Balaban J connectivity index is 1.99. The van der Waals surface area contributed by atoms with E-state index in [1.807, 2.05) is 6.07 Å². The first kappa shape index (κ1) is 13.9. The summed E-state index contributed by atoms with van der Waals surface area (Å²) in [4.78, 5) is 15.3. The molecule has 1 aliphatic rings. The van der Waals surface area contributed by atoms with Crippen molar-refractivity contribution in [1.29, 1.82) is 0 Å². The molecule has 1 saturated carbocycles. The molecule has 3 rings (SSSR count). The van der Waals surface area contributed by atoms with Crippen LogP contribution in [0.25, 0.3) is 11.3 Å². The number of hydrogen-bond acceptors (Lipinski definition) is 3. The number of nitrogens with zero attached hydrogens (tertiary/aromatic N) is 1. The van der Waals surface area contributed by atoms with E-state index in [2.05, 4.69) is 4.98 Å². The molecular weight excluding hydrogens is 290 g/mol. The van der Waals surface area contributed by atoms with Crippen molar-refractivity contribution in [1.82, 2.24) is 4.98 Å². The fourth-order valence-electron chi connectivity index (χ4n) is 2.02. The van der Waals surface area contributed by atoms with Gasteiger partial charge in [0.1, 0.15) is 17.1 Å². The standard InChI is InChI=1S/C16H14ClNO3/c17-12-3-1-2-11(8-12)15-14(21-9-10-4-5-10)7-6-13(18-15)16(19)20/h1-3,6-8,10H,4-5,9H2,(H,19,20). The number of carboxylic acid groups (broad SMARTS) is 1. The third-order valence-electron chi connectivity index (χ3n) is 3.35. The molecule has 0 saturated heterocycles. The first-order valence-electron chi connectivity index (χ1n) is 6.76. The van der Waals surface area contributed by atoms with E-state index in [0.717, 1.165) is 5.56 Å². The van der Waals surface area contributed by atoms with Crippen LogP contribution in [0.2, 0.25) is 5.02 Å². The quantitative estimate of drug-likeness (QED) is 0.910. The third kappa shape index (κ3) is 3.34. The van der Waals surface area contributed by atoms with Crippen LogP contribution in [-0.2, 0) is 0 Å². The number of aromatic nitrogens is 1. The summed E-state index contributed by atoms with van der Waals surface area (Å²) in [7, 11) is 0. The SMILES string of the molecule is O=C(O)c1ccc(OCC2CC2)c(-c2cccc(Cl)c2)n1. The third-order valence-corrected chi connectivity index (χ3v) is 3.58. The predicted molar refractivity (Wildman–Crippen MR) is 79.9 cm³/mol. The van der Waals surface area contributed by atoms with Gasteiger partial charge < -0.3 is 9.84 Å². The molecule has 1 aromatic heterocycles. The zero-order valence-electron chi connectivity index (χ0n) is 11.3. The van der Waals surface area contributed by atoms with Crippen molar-refractivity contribution in [2.24, 2.45) is 5.92 Å².